The van der Waals surface area contributed by atoms with E-state index >= 15 is 0 Å². The lowest BCUT2D eigenvalue weighted by molar-refractivity contribution is 0.100. The van der Waals surface area contributed by atoms with Crippen LogP contribution in [0.25, 0.3) is 0 Å². The minimum absolute atomic E-state index is 0.00408. The molecule has 0 unspecified atom stereocenters. The maximum atomic E-state index is 13.2. The van der Waals surface area contributed by atoms with Gasteiger partial charge in [0.15, 0.2) is 0 Å². The van der Waals surface area contributed by atoms with Crippen molar-refractivity contribution in [2.75, 3.05) is 6.61 Å². The third-order valence-corrected chi connectivity index (χ3v) is 6.49. The summed E-state index contributed by atoms with van der Waals surface area (Å²) in [6, 6.07) is 9.77. The van der Waals surface area contributed by atoms with E-state index in [4.69, 9.17) is 5.14 Å². The summed E-state index contributed by atoms with van der Waals surface area (Å²) in [4.78, 5) is 21.5. The molecule has 0 saturated heterocycles. The summed E-state index contributed by atoms with van der Waals surface area (Å²) in [7, 11) is -4.07. The summed E-state index contributed by atoms with van der Waals surface area (Å²) >= 11 is 0. The van der Waals surface area contributed by atoms with Crippen molar-refractivity contribution < 1.29 is 22.5 Å². The number of nitrogens with two attached hydrogens (primary N) is 1. The highest BCUT2D eigenvalue weighted by atomic mass is 32.2. The molecule has 2 aromatic heterocycles. The quantitative estimate of drug-likeness (QED) is 0.432. The zero-order valence-corrected chi connectivity index (χ0v) is 19.6. The molecule has 180 valence electrons. The fourth-order valence-electron chi connectivity index (χ4n) is 4.43. The van der Waals surface area contributed by atoms with Gasteiger partial charge < -0.3 is 5.11 Å². The number of carbonyl (C=O) groups is 1. The fourth-order valence-corrected chi connectivity index (χ4v) is 4.80. The van der Waals surface area contributed by atoms with Crippen molar-refractivity contribution in [1.82, 2.24) is 19.7 Å². The summed E-state index contributed by atoms with van der Waals surface area (Å²) in [6.45, 7) is 2.40. The van der Waals surface area contributed by atoms with Gasteiger partial charge in [0.1, 0.15) is 12.0 Å². The van der Waals surface area contributed by atoms with Crippen molar-refractivity contribution in [2.24, 2.45) is 17.0 Å². The van der Waals surface area contributed by atoms with Crippen molar-refractivity contribution in [2.45, 2.75) is 38.8 Å². The summed E-state index contributed by atoms with van der Waals surface area (Å²) in [5.74, 6) is -0.628. The first-order valence-electron chi connectivity index (χ1n) is 11.0. The van der Waals surface area contributed by atoms with Gasteiger partial charge in [-0.2, -0.15) is 13.5 Å². The van der Waals surface area contributed by atoms with Gasteiger partial charge in [0.2, 0.25) is 5.78 Å². The first kappa shape index (κ1) is 24.1. The molecule has 1 saturated carbocycles. The zero-order valence-electron chi connectivity index (χ0n) is 18.7. The van der Waals surface area contributed by atoms with Gasteiger partial charge in [-0.15, -0.1) is 0 Å². The zero-order chi connectivity index (χ0) is 24.3. The van der Waals surface area contributed by atoms with Crippen LogP contribution in [0.1, 0.15) is 45.7 Å². The number of carbonyl (C=O) groups excluding carboxylic acids is 1. The molecule has 3 aromatic rings. The first-order chi connectivity index (χ1) is 16.2. The molecule has 1 aromatic carbocycles. The number of ketones is 1. The maximum Gasteiger partial charge on any atom is 0.333 e. The molecule has 4 rings (SSSR count). The molecule has 1 fully saturated rings. The van der Waals surface area contributed by atoms with Crippen LogP contribution in [0.4, 0.5) is 0 Å². The van der Waals surface area contributed by atoms with Crippen molar-refractivity contribution >= 4 is 16.1 Å². The van der Waals surface area contributed by atoms with Gasteiger partial charge in [-0.3, -0.25) is 13.7 Å². The van der Waals surface area contributed by atoms with Gasteiger partial charge in [-0.1, -0.05) is 29.8 Å². The molecule has 0 bridgehead atoms. The molecular formula is C23H27N5O5S. The van der Waals surface area contributed by atoms with Crippen LogP contribution in [-0.2, 0) is 27.5 Å². The van der Waals surface area contributed by atoms with Crippen LogP contribution >= 0.6 is 0 Å². The number of hydrogen-bond acceptors (Lipinski definition) is 8. The average molecular weight is 486 g/mol. The Labute approximate surface area is 198 Å². The molecule has 0 amide bonds. The van der Waals surface area contributed by atoms with E-state index in [-0.39, 0.29) is 24.2 Å². The second-order valence-corrected chi connectivity index (χ2v) is 9.97. The van der Waals surface area contributed by atoms with E-state index < -0.39 is 16.4 Å². The molecule has 10 nitrogen and oxygen atoms in total. The summed E-state index contributed by atoms with van der Waals surface area (Å²) in [5, 5.41) is 19.6. The smallest absolute Gasteiger partial charge is 0.333 e. The number of aliphatic hydroxyl groups excluding tert-OH is 1. The van der Waals surface area contributed by atoms with E-state index in [1.807, 2.05) is 25.1 Å². The number of hydrogen-bond donors (Lipinski definition) is 2. The molecule has 1 aliphatic carbocycles. The Hall–Kier alpha value is -2.99. The van der Waals surface area contributed by atoms with Gasteiger partial charge in [0, 0.05) is 18.3 Å². The van der Waals surface area contributed by atoms with Gasteiger partial charge in [0.05, 0.1) is 30.5 Å². The predicted octanol–water partition coefficient (Wildman–Crippen LogP) is 1.41. The Morgan fingerprint density at radius 1 is 1.29 bits per heavy atom. The SMILES string of the molecule is Cc1cccc(Cn2ccc(C(=O)c3cncnc3C[C@@H]3C[C@H](COS(N)(=O)=O)[C@@H](O)C3)n2)c1. The Balaban J connectivity index is 1.44. The molecular weight excluding hydrogens is 458 g/mol. The van der Waals surface area contributed by atoms with E-state index in [0.717, 1.165) is 11.1 Å². The number of nitrogens with zero attached hydrogens (tertiary/aromatic N) is 4. The third kappa shape index (κ3) is 6.11. The van der Waals surface area contributed by atoms with Crippen molar-refractivity contribution in [3.05, 3.63) is 77.1 Å². The highest BCUT2D eigenvalue weighted by Gasteiger charge is 2.35. The van der Waals surface area contributed by atoms with Gasteiger partial charge in [0.25, 0.3) is 0 Å². The van der Waals surface area contributed by atoms with Crippen LogP contribution in [0, 0.1) is 18.8 Å². The molecule has 11 heteroatoms. The van der Waals surface area contributed by atoms with Crippen molar-refractivity contribution in [1.29, 1.82) is 0 Å². The normalized spacial score (nSPS) is 20.5. The van der Waals surface area contributed by atoms with Crippen LogP contribution in [0.3, 0.4) is 0 Å². The lowest BCUT2D eigenvalue weighted by Crippen LogP contribution is -2.24. The molecule has 3 atom stereocenters. The summed E-state index contributed by atoms with van der Waals surface area (Å²) in [6.07, 6.45) is 5.33. The second kappa shape index (κ2) is 10.1. The van der Waals surface area contributed by atoms with Crippen molar-refractivity contribution in [3.63, 3.8) is 0 Å². The predicted molar refractivity (Wildman–Crippen MR) is 123 cm³/mol. The number of rotatable bonds is 9. The number of aliphatic hydroxyl groups is 1. The molecule has 0 aliphatic heterocycles. The maximum absolute atomic E-state index is 13.2. The largest absolute Gasteiger partial charge is 0.393 e. The number of aromatic nitrogens is 4. The van der Waals surface area contributed by atoms with E-state index in [1.165, 1.54) is 12.5 Å². The molecule has 3 N–H and O–H groups in total. The number of benzene rings is 1. The lowest BCUT2D eigenvalue weighted by atomic mass is 9.96. The van der Waals surface area contributed by atoms with Gasteiger partial charge >= 0.3 is 10.3 Å². The Morgan fingerprint density at radius 2 is 2.12 bits per heavy atom. The Kier molecular flexibility index (Phi) is 7.17. The first-order valence-corrected chi connectivity index (χ1v) is 12.4. The molecule has 2 heterocycles. The highest BCUT2D eigenvalue weighted by Crippen LogP contribution is 2.34. The minimum Gasteiger partial charge on any atom is -0.393 e. The van der Waals surface area contributed by atoms with E-state index in [0.29, 0.717) is 42.8 Å². The molecule has 0 spiro atoms. The van der Waals surface area contributed by atoms with Gasteiger partial charge in [-0.05, 0) is 43.7 Å². The van der Waals surface area contributed by atoms with E-state index in [1.54, 1.807) is 16.9 Å². The van der Waals surface area contributed by atoms with Crippen LogP contribution in [-0.4, -0.2) is 51.8 Å². The highest BCUT2D eigenvalue weighted by molar-refractivity contribution is 7.84. The molecule has 1 aliphatic rings. The van der Waals surface area contributed by atoms with Crippen LogP contribution in [0.2, 0.25) is 0 Å². The Morgan fingerprint density at radius 3 is 2.88 bits per heavy atom. The summed E-state index contributed by atoms with van der Waals surface area (Å²) in [5.41, 5.74) is 3.48. The summed E-state index contributed by atoms with van der Waals surface area (Å²) < 4.78 is 28.5. The Bertz CT molecular complexity index is 1280. The topological polar surface area (TPSA) is 150 Å². The van der Waals surface area contributed by atoms with Crippen molar-refractivity contribution in [3.8, 4) is 0 Å². The average Bonchev–Trinajstić information content (AvgIpc) is 3.38. The monoisotopic (exact) mass is 485 g/mol. The third-order valence-electron chi connectivity index (χ3n) is 6.02. The lowest BCUT2D eigenvalue weighted by Gasteiger charge is -2.13. The second-order valence-electron chi connectivity index (χ2n) is 8.75. The van der Waals surface area contributed by atoms with Gasteiger partial charge in [-0.25, -0.2) is 15.1 Å². The number of aryl methyl sites for hydroxylation is 1. The van der Waals surface area contributed by atoms with Crippen LogP contribution < -0.4 is 5.14 Å². The minimum atomic E-state index is -4.07. The standard InChI is InChI=1S/C23H27N5O5S/c1-15-3-2-4-16(7-15)12-28-6-5-20(27-28)23(30)19-11-25-14-26-21(19)9-17-8-18(22(29)10-17)13-33-34(24,31)32/h2-7,11,14,17-18,22,29H,8-10,12-13H2,1H3,(H2,24,31,32)/t17-,18+,22-/m0/s1. The van der Waals surface area contributed by atoms with Crippen LogP contribution in [0.15, 0.2) is 49.1 Å². The van der Waals surface area contributed by atoms with E-state index in [9.17, 15) is 18.3 Å². The fraction of sp³-hybridized carbons (Fsp3) is 0.391. The molecule has 34 heavy (non-hydrogen) atoms. The van der Waals surface area contributed by atoms with E-state index in [2.05, 4.69) is 25.3 Å². The van der Waals surface area contributed by atoms with Crippen LogP contribution in [0.5, 0.6) is 0 Å². The molecule has 0 radical (unpaired) electrons.